The molecule has 0 aromatic carbocycles. The molecule has 2 nitrogen and oxygen atoms in total. The number of allylic oxidation sites excluding steroid dienone is 1. The number of hydrogen-bond donors (Lipinski definition) is 0. The minimum atomic E-state index is 0.268. The van der Waals surface area contributed by atoms with E-state index in [2.05, 4.69) is 6.58 Å². The zero-order valence-corrected chi connectivity index (χ0v) is 8.63. The van der Waals surface area contributed by atoms with Gasteiger partial charge in [0.25, 0.3) is 0 Å². The van der Waals surface area contributed by atoms with Gasteiger partial charge in [-0.15, -0.1) is 0 Å². The van der Waals surface area contributed by atoms with E-state index in [9.17, 15) is 4.79 Å². The summed E-state index contributed by atoms with van der Waals surface area (Å²) < 4.78 is 1.88. The highest BCUT2D eigenvalue weighted by Gasteiger charge is 2.30. The summed E-state index contributed by atoms with van der Waals surface area (Å²) >= 11 is 5.68. The maximum Gasteiger partial charge on any atom is 0.167 e. The van der Waals surface area contributed by atoms with Crippen LogP contribution >= 0.6 is 11.6 Å². The lowest BCUT2D eigenvalue weighted by molar-refractivity contribution is 0.0967. The second-order valence-electron chi connectivity index (χ2n) is 3.73. The largest absolute Gasteiger partial charge is 0.348 e. The Kier molecular flexibility index (Phi) is 2.46. The molecular weight excluding hydrogens is 198 g/mol. The molecule has 1 saturated carbocycles. The number of nitrogens with zero attached hydrogens (tertiary/aromatic N) is 1. The fraction of sp³-hybridized carbons (Fsp3) is 0.364. The first-order valence-electron chi connectivity index (χ1n) is 4.70. The van der Waals surface area contributed by atoms with Crippen LogP contribution in [0, 0.1) is 5.92 Å². The molecule has 0 saturated heterocycles. The molecule has 1 aliphatic rings. The van der Waals surface area contributed by atoms with Gasteiger partial charge in [0.15, 0.2) is 5.78 Å². The number of aromatic nitrogens is 1. The van der Waals surface area contributed by atoms with Crippen molar-refractivity contribution in [2.45, 2.75) is 19.4 Å². The van der Waals surface area contributed by atoms with Crippen molar-refractivity contribution in [1.29, 1.82) is 0 Å². The van der Waals surface area contributed by atoms with Gasteiger partial charge in [-0.3, -0.25) is 4.79 Å². The number of Topliss-reactive ketones (excluding diaryl/α,β-unsaturated/α-hetero) is 1. The van der Waals surface area contributed by atoms with Gasteiger partial charge in [-0.05, 0) is 18.9 Å². The van der Waals surface area contributed by atoms with Crippen LogP contribution < -0.4 is 0 Å². The van der Waals surface area contributed by atoms with Crippen molar-refractivity contribution >= 4 is 17.4 Å². The van der Waals surface area contributed by atoms with Crippen molar-refractivity contribution in [3.8, 4) is 0 Å². The van der Waals surface area contributed by atoms with Crippen LogP contribution in [-0.2, 0) is 6.54 Å². The highest BCUT2D eigenvalue weighted by molar-refractivity contribution is 6.29. The quantitative estimate of drug-likeness (QED) is 0.699. The van der Waals surface area contributed by atoms with Gasteiger partial charge >= 0.3 is 0 Å². The van der Waals surface area contributed by atoms with Crippen molar-refractivity contribution in [3.05, 3.63) is 35.6 Å². The molecule has 1 fully saturated rings. The van der Waals surface area contributed by atoms with Crippen LogP contribution in [0.2, 0.25) is 0 Å². The topological polar surface area (TPSA) is 22.0 Å². The molecule has 3 heteroatoms. The Morgan fingerprint density at radius 3 is 2.93 bits per heavy atom. The molecule has 0 bridgehead atoms. The van der Waals surface area contributed by atoms with E-state index in [-0.39, 0.29) is 11.7 Å². The molecule has 14 heavy (non-hydrogen) atoms. The number of hydrogen-bond acceptors (Lipinski definition) is 1. The SMILES string of the molecule is C=C(Cl)Cn1ccc(C(=O)C2CC2)c1. The van der Waals surface area contributed by atoms with Crippen molar-refractivity contribution in [2.75, 3.05) is 0 Å². The molecule has 0 spiro atoms. The molecule has 1 aromatic heterocycles. The summed E-state index contributed by atoms with van der Waals surface area (Å²) in [6, 6.07) is 1.85. The van der Waals surface area contributed by atoms with E-state index in [1.54, 1.807) is 0 Å². The van der Waals surface area contributed by atoms with Gasteiger partial charge in [-0.2, -0.15) is 0 Å². The smallest absolute Gasteiger partial charge is 0.167 e. The highest BCUT2D eigenvalue weighted by atomic mass is 35.5. The molecule has 0 amide bonds. The molecule has 1 aromatic rings. The van der Waals surface area contributed by atoms with Gasteiger partial charge in [-0.1, -0.05) is 18.2 Å². The predicted molar refractivity (Wildman–Crippen MR) is 56.5 cm³/mol. The fourth-order valence-electron chi connectivity index (χ4n) is 1.46. The van der Waals surface area contributed by atoms with E-state index in [0.29, 0.717) is 11.6 Å². The number of carbonyl (C=O) groups excluding carboxylic acids is 1. The Morgan fingerprint density at radius 2 is 2.36 bits per heavy atom. The number of carbonyl (C=O) groups is 1. The average molecular weight is 210 g/mol. The molecule has 0 N–H and O–H groups in total. The third-order valence-electron chi connectivity index (χ3n) is 2.34. The van der Waals surface area contributed by atoms with Gasteiger partial charge in [0, 0.05) is 28.9 Å². The summed E-state index contributed by atoms with van der Waals surface area (Å²) in [5.74, 6) is 0.550. The summed E-state index contributed by atoms with van der Waals surface area (Å²) in [7, 11) is 0. The summed E-state index contributed by atoms with van der Waals surface area (Å²) in [5.41, 5.74) is 0.797. The Morgan fingerprint density at radius 1 is 1.64 bits per heavy atom. The molecule has 2 rings (SSSR count). The van der Waals surface area contributed by atoms with Crippen LogP contribution in [0.3, 0.4) is 0 Å². The first-order chi connectivity index (χ1) is 6.66. The Labute approximate surface area is 88.2 Å². The first-order valence-corrected chi connectivity index (χ1v) is 5.08. The average Bonchev–Trinajstić information content (AvgIpc) is 2.86. The standard InChI is InChI=1S/C11H12ClNO/c1-8(12)6-13-5-4-10(7-13)11(14)9-2-3-9/h4-5,7,9H,1-3,6H2. The summed E-state index contributed by atoms with van der Waals surface area (Å²) in [5, 5.41) is 0.575. The van der Waals surface area contributed by atoms with Crippen LogP contribution in [0.4, 0.5) is 0 Å². The zero-order valence-electron chi connectivity index (χ0n) is 7.87. The minimum Gasteiger partial charge on any atom is -0.348 e. The molecule has 0 radical (unpaired) electrons. The van der Waals surface area contributed by atoms with Gasteiger partial charge in [0.2, 0.25) is 0 Å². The Hall–Kier alpha value is -1.02. The summed E-state index contributed by atoms with van der Waals surface area (Å²) in [4.78, 5) is 11.6. The minimum absolute atomic E-state index is 0.268. The maximum absolute atomic E-state index is 11.6. The lowest BCUT2D eigenvalue weighted by Gasteiger charge is -1.98. The van der Waals surface area contributed by atoms with Crippen LogP contribution in [0.5, 0.6) is 0 Å². The Bertz CT molecular complexity index is 376. The first kappa shape index (κ1) is 9.53. The van der Waals surface area contributed by atoms with Crippen LogP contribution in [0.25, 0.3) is 0 Å². The van der Waals surface area contributed by atoms with E-state index in [4.69, 9.17) is 11.6 Å². The maximum atomic E-state index is 11.6. The number of rotatable bonds is 4. The molecular formula is C11H12ClNO. The van der Waals surface area contributed by atoms with E-state index >= 15 is 0 Å². The van der Waals surface area contributed by atoms with E-state index in [1.165, 1.54) is 0 Å². The van der Waals surface area contributed by atoms with E-state index in [1.807, 2.05) is 23.0 Å². The third-order valence-corrected chi connectivity index (χ3v) is 2.46. The summed E-state index contributed by atoms with van der Waals surface area (Å²) in [6.07, 6.45) is 5.80. The molecule has 0 atom stereocenters. The third kappa shape index (κ3) is 2.07. The highest BCUT2D eigenvalue weighted by Crippen LogP contribution is 2.32. The second kappa shape index (κ2) is 3.62. The molecule has 1 heterocycles. The molecule has 0 aliphatic heterocycles. The van der Waals surface area contributed by atoms with E-state index in [0.717, 1.165) is 18.4 Å². The zero-order chi connectivity index (χ0) is 10.1. The lowest BCUT2D eigenvalue weighted by atomic mass is 10.1. The molecule has 74 valence electrons. The van der Waals surface area contributed by atoms with Gasteiger partial charge < -0.3 is 4.57 Å². The number of halogens is 1. The normalized spacial score (nSPS) is 15.5. The predicted octanol–water partition coefficient (Wildman–Crippen LogP) is 2.83. The van der Waals surface area contributed by atoms with E-state index < -0.39 is 0 Å². The Balaban J connectivity index is 2.08. The second-order valence-corrected chi connectivity index (χ2v) is 4.26. The van der Waals surface area contributed by atoms with Crippen LogP contribution in [-0.4, -0.2) is 10.4 Å². The van der Waals surface area contributed by atoms with Crippen molar-refractivity contribution < 1.29 is 4.79 Å². The van der Waals surface area contributed by atoms with Crippen LogP contribution in [0.1, 0.15) is 23.2 Å². The van der Waals surface area contributed by atoms with Crippen molar-refractivity contribution in [1.82, 2.24) is 4.57 Å². The lowest BCUT2D eigenvalue weighted by Crippen LogP contribution is -2.00. The molecule has 0 unspecified atom stereocenters. The number of ketones is 1. The van der Waals surface area contributed by atoms with Gasteiger partial charge in [-0.25, -0.2) is 0 Å². The van der Waals surface area contributed by atoms with Crippen molar-refractivity contribution in [3.63, 3.8) is 0 Å². The van der Waals surface area contributed by atoms with Crippen LogP contribution in [0.15, 0.2) is 30.1 Å². The summed E-state index contributed by atoms with van der Waals surface area (Å²) in [6.45, 7) is 4.18. The molecule has 1 aliphatic carbocycles. The fourth-order valence-corrected chi connectivity index (χ4v) is 1.60. The monoisotopic (exact) mass is 209 g/mol. The van der Waals surface area contributed by atoms with Crippen molar-refractivity contribution in [2.24, 2.45) is 5.92 Å². The van der Waals surface area contributed by atoms with Gasteiger partial charge in [0.1, 0.15) is 0 Å². The van der Waals surface area contributed by atoms with Gasteiger partial charge in [0.05, 0.1) is 6.54 Å².